The molecule has 1 aromatic carbocycles. The Hall–Kier alpha value is -2.43. The molecule has 0 radical (unpaired) electrons. The van der Waals surface area contributed by atoms with Crippen LogP contribution in [0.15, 0.2) is 36.4 Å². The van der Waals surface area contributed by atoms with Gasteiger partial charge in [-0.05, 0) is 31.0 Å². The van der Waals surface area contributed by atoms with Crippen molar-refractivity contribution in [2.24, 2.45) is 0 Å². The van der Waals surface area contributed by atoms with Crippen LogP contribution in [0.25, 0.3) is 0 Å². The summed E-state index contributed by atoms with van der Waals surface area (Å²) in [6, 6.07) is 11.8. The van der Waals surface area contributed by atoms with E-state index in [0.717, 1.165) is 19.3 Å². The zero-order valence-corrected chi connectivity index (χ0v) is 13.8. The summed E-state index contributed by atoms with van der Waals surface area (Å²) in [5.74, 6) is 0.492. The summed E-state index contributed by atoms with van der Waals surface area (Å²) in [7, 11) is 0. The number of hydrogen-bond acceptors (Lipinski definition) is 4. The lowest BCUT2D eigenvalue weighted by Crippen LogP contribution is -2.25. The zero-order chi connectivity index (χ0) is 16.5. The van der Waals surface area contributed by atoms with E-state index in [1.807, 2.05) is 0 Å². The fourth-order valence-corrected chi connectivity index (χ4v) is 2.11. The maximum Gasteiger partial charge on any atom is 0.271 e. The summed E-state index contributed by atoms with van der Waals surface area (Å²) in [6.07, 6.45) is 3.25. The van der Waals surface area contributed by atoms with Crippen LogP contribution >= 0.6 is 0 Å². The third-order valence-corrected chi connectivity index (χ3v) is 3.56. The van der Waals surface area contributed by atoms with Gasteiger partial charge in [-0.3, -0.25) is 4.79 Å². The van der Waals surface area contributed by atoms with Crippen LogP contribution in [0.5, 0.6) is 0 Å². The number of unbranched alkanes of at least 4 members (excludes halogenated alkanes) is 2. The second-order valence-electron chi connectivity index (χ2n) is 5.61. The molecule has 0 saturated heterocycles. The Morgan fingerprint density at radius 3 is 2.48 bits per heavy atom. The maximum atomic E-state index is 11.9. The Labute approximate surface area is 137 Å². The highest BCUT2D eigenvalue weighted by Crippen LogP contribution is 2.07. The van der Waals surface area contributed by atoms with Crippen LogP contribution in [0.1, 0.15) is 47.8 Å². The molecule has 122 valence electrons. The van der Waals surface area contributed by atoms with Gasteiger partial charge in [0.15, 0.2) is 5.69 Å². The molecule has 0 saturated carbocycles. The van der Waals surface area contributed by atoms with Crippen LogP contribution in [-0.4, -0.2) is 22.6 Å². The molecule has 1 heterocycles. The molecule has 2 rings (SSSR count). The van der Waals surface area contributed by atoms with Crippen molar-refractivity contribution in [2.45, 2.75) is 39.7 Å². The first-order chi connectivity index (χ1) is 11.2. The molecule has 23 heavy (non-hydrogen) atoms. The highest BCUT2D eigenvalue weighted by atomic mass is 16.1. The Kier molecular flexibility index (Phi) is 6.54. The van der Waals surface area contributed by atoms with Gasteiger partial charge >= 0.3 is 0 Å². The first-order valence-electron chi connectivity index (χ1n) is 8.10. The van der Waals surface area contributed by atoms with Crippen molar-refractivity contribution in [3.63, 3.8) is 0 Å². The van der Waals surface area contributed by atoms with Crippen molar-refractivity contribution in [1.29, 1.82) is 0 Å². The molecular weight excluding hydrogens is 288 g/mol. The molecule has 1 aromatic heterocycles. The van der Waals surface area contributed by atoms with E-state index in [1.54, 1.807) is 12.1 Å². The quantitative estimate of drug-likeness (QED) is 0.734. The number of nitrogens with zero attached hydrogens (tertiary/aromatic N) is 2. The van der Waals surface area contributed by atoms with E-state index in [-0.39, 0.29) is 5.91 Å². The van der Waals surface area contributed by atoms with Gasteiger partial charge in [0.25, 0.3) is 5.91 Å². The highest BCUT2D eigenvalue weighted by molar-refractivity contribution is 5.92. The van der Waals surface area contributed by atoms with Crippen LogP contribution in [0.3, 0.4) is 0 Å². The fraction of sp³-hybridized carbons (Fsp3) is 0.389. The molecular formula is C18H24N4O. The monoisotopic (exact) mass is 312 g/mol. The minimum absolute atomic E-state index is 0.168. The first-order valence-corrected chi connectivity index (χ1v) is 8.10. The Morgan fingerprint density at radius 2 is 1.83 bits per heavy atom. The lowest BCUT2D eigenvalue weighted by molar-refractivity contribution is 0.0947. The molecule has 2 N–H and O–H groups in total. The van der Waals surface area contributed by atoms with Gasteiger partial charge in [-0.1, -0.05) is 49.6 Å². The standard InChI is InChI=1S/C18H24N4O/c1-3-4-5-12-19-18(23)16-10-11-17(22-21-16)20-13-15-8-6-14(2)7-9-15/h6-11H,3-5,12-13H2,1-2H3,(H,19,23)(H,20,22). The minimum Gasteiger partial charge on any atom is -0.365 e. The van der Waals surface area contributed by atoms with Crippen molar-refractivity contribution in [3.8, 4) is 0 Å². The van der Waals surface area contributed by atoms with Crippen molar-refractivity contribution in [3.05, 3.63) is 53.2 Å². The number of aromatic nitrogens is 2. The molecule has 0 spiro atoms. The van der Waals surface area contributed by atoms with Gasteiger partial charge in [0.2, 0.25) is 0 Å². The van der Waals surface area contributed by atoms with E-state index in [0.29, 0.717) is 24.6 Å². The van der Waals surface area contributed by atoms with E-state index in [4.69, 9.17) is 0 Å². The van der Waals surface area contributed by atoms with E-state index < -0.39 is 0 Å². The number of aryl methyl sites for hydroxylation is 1. The van der Waals surface area contributed by atoms with Gasteiger partial charge in [0.1, 0.15) is 5.82 Å². The lowest BCUT2D eigenvalue weighted by Gasteiger charge is -2.07. The van der Waals surface area contributed by atoms with Crippen molar-refractivity contribution < 1.29 is 4.79 Å². The summed E-state index contributed by atoms with van der Waals surface area (Å²) in [5, 5.41) is 14.1. The van der Waals surface area contributed by atoms with Crippen LogP contribution in [0.2, 0.25) is 0 Å². The Balaban J connectivity index is 1.81. The molecule has 0 aliphatic rings. The molecule has 2 aromatic rings. The molecule has 5 nitrogen and oxygen atoms in total. The Bertz CT molecular complexity index is 608. The van der Waals surface area contributed by atoms with Crippen molar-refractivity contribution in [2.75, 3.05) is 11.9 Å². The maximum absolute atomic E-state index is 11.9. The van der Waals surface area contributed by atoms with Crippen LogP contribution < -0.4 is 10.6 Å². The van der Waals surface area contributed by atoms with Gasteiger partial charge < -0.3 is 10.6 Å². The van der Waals surface area contributed by atoms with Gasteiger partial charge in [-0.2, -0.15) is 0 Å². The minimum atomic E-state index is -0.168. The number of carbonyl (C=O) groups excluding carboxylic acids is 1. The third-order valence-electron chi connectivity index (χ3n) is 3.56. The van der Waals surface area contributed by atoms with Crippen LogP contribution in [0, 0.1) is 6.92 Å². The predicted molar refractivity (Wildman–Crippen MR) is 92.4 cm³/mol. The Morgan fingerprint density at radius 1 is 1.04 bits per heavy atom. The molecule has 0 aliphatic carbocycles. The average Bonchev–Trinajstić information content (AvgIpc) is 2.58. The molecule has 0 bridgehead atoms. The number of amides is 1. The third kappa shape index (κ3) is 5.70. The van der Waals surface area contributed by atoms with Crippen LogP contribution in [-0.2, 0) is 6.54 Å². The van der Waals surface area contributed by atoms with E-state index in [9.17, 15) is 4.79 Å². The number of carbonyl (C=O) groups is 1. The largest absolute Gasteiger partial charge is 0.365 e. The van der Waals surface area contributed by atoms with E-state index in [2.05, 4.69) is 58.9 Å². The smallest absolute Gasteiger partial charge is 0.271 e. The summed E-state index contributed by atoms with van der Waals surface area (Å²) < 4.78 is 0. The van der Waals surface area contributed by atoms with E-state index in [1.165, 1.54) is 11.1 Å². The number of benzene rings is 1. The van der Waals surface area contributed by atoms with E-state index >= 15 is 0 Å². The topological polar surface area (TPSA) is 66.9 Å². The first kappa shape index (κ1) is 16.9. The normalized spacial score (nSPS) is 10.3. The van der Waals surface area contributed by atoms with Gasteiger partial charge in [0.05, 0.1) is 0 Å². The number of nitrogens with one attached hydrogen (secondary N) is 2. The lowest BCUT2D eigenvalue weighted by atomic mass is 10.1. The number of rotatable bonds is 8. The predicted octanol–water partition coefficient (Wildman–Crippen LogP) is 3.32. The van der Waals surface area contributed by atoms with Crippen LogP contribution in [0.4, 0.5) is 5.82 Å². The SMILES string of the molecule is CCCCCNC(=O)c1ccc(NCc2ccc(C)cc2)nn1. The average molecular weight is 312 g/mol. The molecule has 0 atom stereocenters. The molecule has 0 aliphatic heterocycles. The molecule has 5 heteroatoms. The summed E-state index contributed by atoms with van der Waals surface area (Å²) in [5.41, 5.74) is 2.76. The number of hydrogen-bond donors (Lipinski definition) is 2. The molecule has 0 unspecified atom stereocenters. The van der Waals surface area contributed by atoms with Gasteiger partial charge in [-0.15, -0.1) is 10.2 Å². The molecule has 0 fully saturated rings. The highest BCUT2D eigenvalue weighted by Gasteiger charge is 2.07. The summed E-state index contributed by atoms with van der Waals surface area (Å²) >= 11 is 0. The second-order valence-corrected chi connectivity index (χ2v) is 5.61. The number of anilines is 1. The zero-order valence-electron chi connectivity index (χ0n) is 13.8. The fourth-order valence-electron chi connectivity index (χ4n) is 2.11. The van der Waals surface area contributed by atoms with Gasteiger partial charge in [-0.25, -0.2) is 0 Å². The summed E-state index contributed by atoms with van der Waals surface area (Å²) in [6.45, 7) is 5.56. The second kappa shape index (κ2) is 8.88. The molecule has 1 amide bonds. The van der Waals surface area contributed by atoms with Crippen molar-refractivity contribution in [1.82, 2.24) is 15.5 Å². The summed E-state index contributed by atoms with van der Waals surface area (Å²) in [4.78, 5) is 11.9. The van der Waals surface area contributed by atoms with Gasteiger partial charge in [0, 0.05) is 13.1 Å². The van der Waals surface area contributed by atoms with Crippen molar-refractivity contribution >= 4 is 11.7 Å².